The van der Waals surface area contributed by atoms with Gasteiger partial charge in [-0.3, -0.25) is 0 Å². The van der Waals surface area contributed by atoms with Gasteiger partial charge in [-0.15, -0.1) is 0 Å². The zero-order valence-electron chi connectivity index (χ0n) is 11.1. The molecule has 0 saturated carbocycles. The van der Waals surface area contributed by atoms with Crippen molar-refractivity contribution < 1.29 is 4.39 Å². The van der Waals surface area contributed by atoms with Crippen molar-refractivity contribution in [1.82, 2.24) is 5.32 Å². The number of hydrogen-bond acceptors (Lipinski definition) is 1. The van der Waals surface area contributed by atoms with E-state index in [1.165, 1.54) is 0 Å². The van der Waals surface area contributed by atoms with Gasteiger partial charge in [0.1, 0.15) is 5.82 Å². The van der Waals surface area contributed by atoms with Crippen molar-refractivity contribution in [3.8, 4) is 0 Å². The molecule has 1 nitrogen and oxygen atoms in total. The van der Waals surface area contributed by atoms with Crippen LogP contribution < -0.4 is 5.32 Å². The second-order valence-corrected chi connectivity index (χ2v) is 5.02. The Morgan fingerprint density at radius 1 is 1.16 bits per heavy atom. The molecular formula is C16H17ClFN. The molecule has 2 rings (SSSR count). The SMILES string of the molecule is CNC(Cc1ccccc1Cl)c1cccc(C)c1F. The number of nitrogens with one attached hydrogen (secondary N) is 1. The lowest BCUT2D eigenvalue weighted by Crippen LogP contribution is -2.20. The Hall–Kier alpha value is -1.38. The Balaban J connectivity index is 2.31. The summed E-state index contributed by atoms with van der Waals surface area (Å²) < 4.78 is 14.2. The maximum atomic E-state index is 14.2. The monoisotopic (exact) mass is 277 g/mol. The second kappa shape index (κ2) is 6.18. The minimum Gasteiger partial charge on any atom is -0.313 e. The minimum absolute atomic E-state index is 0.0835. The van der Waals surface area contributed by atoms with Crippen LogP contribution in [0.15, 0.2) is 42.5 Å². The van der Waals surface area contributed by atoms with Crippen molar-refractivity contribution in [1.29, 1.82) is 0 Å². The topological polar surface area (TPSA) is 12.0 Å². The fourth-order valence-electron chi connectivity index (χ4n) is 2.19. The third-order valence-electron chi connectivity index (χ3n) is 3.33. The molecule has 2 aromatic carbocycles. The van der Waals surface area contributed by atoms with E-state index in [1.807, 2.05) is 43.4 Å². The summed E-state index contributed by atoms with van der Waals surface area (Å²) in [6.45, 7) is 1.78. The Kier molecular flexibility index (Phi) is 4.56. The predicted molar refractivity (Wildman–Crippen MR) is 78.1 cm³/mol. The molecule has 0 saturated heterocycles. The highest BCUT2D eigenvalue weighted by Crippen LogP contribution is 2.26. The molecule has 0 heterocycles. The third kappa shape index (κ3) is 3.14. The van der Waals surface area contributed by atoms with Crippen LogP contribution in [0.3, 0.4) is 0 Å². The van der Waals surface area contributed by atoms with Crippen LogP contribution in [0.1, 0.15) is 22.7 Å². The van der Waals surface area contributed by atoms with Gasteiger partial charge in [0.2, 0.25) is 0 Å². The van der Waals surface area contributed by atoms with Gasteiger partial charge in [-0.25, -0.2) is 4.39 Å². The molecule has 0 aliphatic carbocycles. The van der Waals surface area contributed by atoms with E-state index in [2.05, 4.69) is 5.32 Å². The Morgan fingerprint density at radius 3 is 2.58 bits per heavy atom. The molecule has 0 aliphatic rings. The average Bonchev–Trinajstić information content (AvgIpc) is 2.41. The summed E-state index contributed by atoms with van der Waals surface area (Å²) in [6, 6.07) is 13.1. The van der Waals surface area contributed by atoms with Gasteiger partial charge in [0.15, 0.2) is 0 Å². The number of likely N-dealkylation sites (N-methyl/N-ethyl adjacent to an activating group) is 1. The Labute approximate surface area is 118 Å². The van der Waals surface area contributed by atoms with Gasteiger partial charge < -0.3 is 5.32 Å². The van der Waals surface area contributed by atoms with Crippen LogP contribution in [0.2, 0.25) is 5.02 Å². The van der Waals surface area contributed by atoms with E-state index < -0.39 is 0 Å². The summed E-state index contributed by atoms with van der Waals surface area (Å²) in [7, 11) is 1.84. The first-order valence-corrected chi connectivity index (χ1v) is 6.67. The molecule has 100 valence electrons. The molecule has 0 bridgehead atoms. The number of hydrogen-bond donors (Lipinski definition) is 1. The maximum Gasteiger partial charge on any atom is 0.130 e. The van der Waals surface area contributed by atoms with E-state index in [0.717, 1.165) is 10.6 Å². The van der Waals surface area contributed by atoms with E-state index in [4.69, 9.17) is 11.6 Å². The van der Waals surface area contributed by atoms with Gasteiger partial charge in [-0.2, -0.15) is 0 Å². The van der Waals surface area contributed by atoms with Crippen molar-refractivity contribution in [2.24, 2.45) is 0 Å². The van der Waals surface area contributed by atoms with E-state index in [9.17, 15) is 4.39 Å². The first-order valence-electron chi connectivity index (χ1n) is 6.29. The summed E-state index contributed by atoms with van der Waals surface area (Å²) in [5.74, 6) is -0.145. The predicted octanol–water partition coefficient (Wildman–Crippen LogP) is 4.29. The molecule has 0 amide bonds. The quantitative estimate of drug-likeness (QED) is 0.879. The van der Waals surface area contributed by atoms with Gasteiger partial charge >= 0.3 is 0 Å². The van der Waals surface area contributed by atoms with Gasteiger partial charge in [-0.1, -0.05) is 48.0 Å². The summed E-state index contributed by atoms with van der Waals surface area (Å²) >= 11 is 6.16. The lowest BCUT2D eigenvalue weighted by Gasteiger charge is -2.19. The molecule has 3 heteroatoms. The molecule has 19 heavy (non-hydrogen) atoms. The van der Waals surface area contributed by atoms with Crippen molar-refractivity contribution in [3.05, 3.63) is 70.0 Å². The minimum atomic E-state index is -0.145. The highest BCUT2D eigenvalue weighted by atomic mass is 35.5. The standard InChI is InChI=1S/C16H17ClFN/c1-11-6-5-8-13(16(11)18)15(19-2)10-12-7-3-4-9-14(12)17/h3-9,15,19H,10H2,1-2H3. The molecule has 0 radical (unpaired) electrons. The zero-order chi connectivity index (χ0) is 13.8. The highest BCUT2D eigenvalue weighted by Gasteiger charge is 2.16. The van der Waals surface area contributed by atoms with Crippen LogP contribution in [0, 0.1) is 12.7 Å². The van der Waals surface area contributed by atoms with E-state index in [-0.39, 0.29) is 11.9 Å². The molecule has 1 N–H and O–H groups in total. The fourth-order valence-corrected chi connectivity index (χ4v) is 2.40. The maximum absolute atomic E-state index is 14.2. The summed E-state index contributed by atoms with van der Waals surface area (Å²) in [4.78, 5) is 0. The average molecular weight is 278 g/mol. The fraction of sp³-hybridized carbons (Fsp3) is 0.250. The van der Waals surface area contributed by atoms with Crippen LogP contribution in [0.4, 0.5) is 4.39 Å². The number of rotatable bonds is 4. The van der Waals surface area contributed by atoms with Crippen LogP contribution in [0.5, 0.6) is 0 Å². The summed E-state index contributed by atoms with van der Waals surface area (Å²) in [5, 5.41) is 3.88. The molecule has 1 atom stereocenters. The van der Waals surface area contributed by atoms with Crippen LogP contribution in [-0.4, -0.2) is 7.05 Å². The first-order chi connectivity index (χ1) is 9.13. The third-order valence-corrected chi connectivity index (χ3v) is 3.70. The normalized spacial score (nSPS) is 12.4. The van der Waals surface area contributed by atoms with Crippen LogP contribution in [-0.2, 0) is 6.42 Å². The second-order valence-electron chi connectivity index (χ2n) is 4.61. The van der Waals surface area contributed by atoms with Crippen molar-refractivity contribution in [2.45, 2.75) is 19.4 Å². The lowest BCUT2D eigenvalue weighted by molar-refractivity contribution is 0.530. The van der Waals surface area contributed by atoms with Crippen LogP contribution in [0.25, 0.3) is 0 Å². The number of halogens is 2. The lowest BCUT2D eigenvalue weighted by atomic mass is 9.97. The first kappa shape index (κ1) is 14.0. The molecule has 0 aromatic heterocycles. The Bertz CT molecular complexity index is 568. The number of aryl methyl sites for hydroxylation is 1. The molecule has 0 fully saturated rings. The van der Waals surface area contributed by atoms with E-state index >= 15 is 0 Å². The van der Waals surface area contributed by atoms with Crippen molar-refractivity contribution >= 4 is 11.6 Å². The molecule has 2 aromatic rings. The largest absolute Gasteiger partial charge is 0.313 e. The van der Waals surface area contributed by atoms with Gasteiger partial charge in [0, 0.05) is 16.6 Å². The summed E-state index contributed by atoms with van der Waals surface area (Å²) in [6.07, 6.45) is 0.663. The highest BCUT2D eigenvalue weighted by molar-refractivity contribution is 6.31. The molecule has 0 aliphatic heterocycles. The van der Waals surface area contributed by atoms with Crippen molar-refractivity contribution in [2.75, 3.05) is 7.05 Å². The smallest absolute Gasteiger partial charge is 0.130 e. The van der Waals surface area contributed by atoms with Gasteiger partial charge in [-0.05, 0) is 37.6 Å². The summed E-state index contributed by atoms with van der Waals surface area (Å²) in [5.41, 5.74) is 2.36. The van der Waals surface area contributed by atoms with E-state index in [0.29, 0.717) is 17.5 Å². The Morgan fingerprint density at radius 2 is 1.89 bits per heavy atom. The molecule has 1 unspecified atom stereocenters. The van der Waals surface area contributed by atoms with Crippen molar-refractivity contribution in [3.63, 3.8) is 0 Å². The van der Waals surface area contributed by atoms with E-state index in [1.54, 1.807) is 13.0 Å². The van der Waals surface area contributed by atoms with Gasteiger partial charge in [0.05, 0.1) is 0 Å². The van der Waals surface area contributed by atoms with Crippen LogP contribution >= 0.6 is 11.6 Å². The van der Waals surface area contributed by atoms with Gasteiger partial charge in [0.25, 0.3) is 0 Å². The molecular weight excluding hydrogens is 261 g/mol. The molecule has 0 spiro atoms. The number of benzene rings is 2. The zero-order valence-corrected chi connectivity index (χ0v) is 11.8.